The molecule has 0 fully saturated rings. The summed E-state index contributed by atoms with van der Waals surface area (Å²) >= 11 is 2.78. The zero-order valence-electron chi connectivity index (χ0n) is 15.4. The normalized spacial score (nSPS) is 11.0. The van der Waals surface area contributed by atoms with Crippen molar-refractivity contribution in [1.29, 1.82) is 0 Å². The van der Waals surface area contributed by atoms with Gasteiger partial charge in [0.15, 0.2) is 0 Å². The molecule has 0 aromatic carbocycles. The van der Waals surface area contributed by atoms with Crippen LogP contribution >= 0.6 is 22.7 Å². The number of anilines is 1. The van der Waals surface area contributed by atoms with E-state index in [4.69, 9.17) is 4.74 Å². The molecule has 0 radical (unpaired) electrons. The number of ether oxygens (including phenoxy) is 1. The summed E-state index contributed by atoms with van der Waals surface area (Å²) in [5, 5.41) is 3.66. The van der Waals surface area contributed by atoms with Gasteiger partial charge in [-0.25, -0.2) is 9.78 Å². The summed E-state index contributed by atoms with van der Waals surface area (Å²) < 4.78 is 6.08. The second-order valence-corrected chi connectivity index (χ2v) is 8.33. The minimum Gasteiger partial charge on any atom is -0.465 e. The molecule has 3 aromatic heterocycles. The molecule has 3 aromatic rings. The molecular formula is C18H19N3O4S2. The third-order valence-corrected chi connectivity index (χ3v) is 6.57. The molecule has 142 valence electrons. The van der Waals surface area contributed by atoms with Crippen LogP contribution in [0.4, 0.5) is 5.00 Å². The minimum absolute atomic E-state index is 0.185. The van der Waals surface area contributed by atoms with Gasteiger partial charge in [-0.05, 0) is 31.9 Å². The second kappa shape index (κ2) is 7.61. The fourth-order valence-electron chi connectivity index (χ4n) is 2.68. The Hall–Kier alpha value is -2.52. The lowest BCUT2D eigenvalue weighted by atomic mass is 10.1. The van der Waals surface area contributed by atoms with Gasteiger partial charge in [0.2, 0.25) is 5.91 Å². The second-order valence-electron chi connectivity index (χ2n) is 5.99. The van der Waals surface area contributed by atoms with Crippen LogP contribution in [0.5, 0.6) is 0 Å². The number of hydrogen-bond acceptors (Lipinski definition) is 7. The number of methoxy groups -OCH3 is 1. The summed E-state index contributed by atoms with van der Waals surface area (Å²) in [6, 6.07) is 1.82. The van der Waals surface area contributed by atoms with Crippen molar-refractivity contribution in [2.75, 3.05) is 12.4 Å². The topological polar surface area (TPSA) is 90.3 Å². The van der Waals surface area contributed by atoms with Gasteiger partial charge >= 0.3 is 5.97 Å². The van der Waals surface area contributed by atoms with Crippen molar-refractivity contribution in [3.05, 3.63) is 43.6 Å². The lowest BCUT2D eigenvalue weighted by Gasteiger charge is -2.07. The molecule has 0 unspecified atom stereocenters. The average Bonchev–Trinajstić information content (AvgIpc) is 3.18. The highest BCUT2D eigenvalue weighted by Crippen LogP contribution is 2.33. The number of amides is 1. The highest BCUT2D eigenvalue weighted by atomic mass is 32.1. The Balaban J connectivity index is 1.86. The number of nitrogens with zero attached hydrogens (tertiary/aromatic N) is 2. The van der Waals surface area contributed by atoms with E-state index < -0.39 is 11.9 Å². The number of fused-ring (bicyclic) bond motifs is 1. The van der Waals surface area contributed by atoms with Crippen molar-refractivity contribution in [3.8, 4) is 0 Å². The van der Waals surface area contributed by atoms with E-state index >= 15 is 0 Å². The maximum Gasteiger partial charge on any atom is 0.341 e. The number of rotatable bonds is 5. The van der Waals surface area contributed by atoms with Crippen molar-refractivity contribution in [2.24, 2.45) is 0 Å². The molecule has 0 atom stereocenters. The number of carbonyl (C=O) groups is 2. The number of hydrogen-bond donors (Lipinski definition) is 1. The standard InChI is InChI=1S/C18H19N3O4S2/c1-5-11-6-12-15(27-11)19-8-21(17(12)23)7-13(22)20-16-14(18(24)25-4)9(2)10(3)26-16/h6,8H,5,7H2,1-4H3,(H,20,22). The van der Waals surface area contributed by atoms with Crippen LogP contribution in [0.3, 0.4) is 0 Å². The molecule has 9 heteroatoms. The molecule has 0 aliphatic rings. The van der Waals surface area contributed by atoms with E-state index in [1.807, 2.05) is 19.9 Å². The Kier molecular flexibility index (Phi) is 5.43. The van der Waals surface area contributed by atoms with Crippen molar-refractivity contribution >= 4 is 49.8 Å². The largest absolute Gasteiger partial charge is 0.465 e. The van der Waals surface area contributed by atoms with Crippen LogP contribution in [0.15, 0.2) is 17.2 Å². The predicted octanol–water partition coefficient (Wildman–Crippen LogP) is 3.12. The molecule has 3 rings (SSSR count). The Morgan fingerprint density at radius 1 is 1.30 bits per heavy atom. The SMILES string of the molecule is CCc1cc2c(=O)n(CC(=O)Nc3sc(C)c(C)c3C(=O)OC)cnc2s1. The van der Waals surface area contributed by atoms with Crippen LogP contribution < -0.4 is 10.9 Å². The maximum absolute atomic E-state index is 12.6. The molecule has 0 bridgehead atoms. The van der Waals surface area contributed by atoms with Gasteiger partial charge in [-0.15, -0.1) is 22.7 Å². The van der Waals surface area contributed by atoms with E-state index in [1.165, 1.54) is 40.7 Å². The summed E-state index contributed by atoms with van der Waals surface area (Å²) in [4.78, 5) is 44.0. The Morgan fingerprint density at radius 2 is 2.04 bits per heavy atom. The molecule has 0 saturated carbocycles. The first-order valence-corrected chi connectivity index (χ1v) is 9.95. The van der Waals surface area contributed by atoms with E-state index in [1.54, 1.807) is 6.92 Å². The van der Waals surface area contributed by atoms with Crippen LogP contribution in [-0.2, 0) is 22.5 Å². The fourth-order valence-corrected chi connectivity index (χ4v) is 4.67. The van der Waals surface area contributed by atoms with Crippen LogP contribution in [0.1, 0.15) is 32.6 Å². The zero-order chi connectivity index (χ0) is 19.7. The summed E-state index contributed by atoms with van der Waals surface area (Å²) in [6.45, 7) is 5.50. The molecule has 1 N–H and O–H groups in total. The van der Waals surface area contributed by atoms with Gasteiger partial charge < -0.3 is 10.1 Å². The first-order valence-electron chi connectivity index (χ1n) is 8.31. The quantitative estimate of drug-likeness (QED) is 0.659. The highest BCUT2D eigenvalue weighted by Gasteiger charge is 2.22. The van der Waals surface area contributed by atoms with Crippen LogP contribution in [0.2, 0.25) is 0 Å². The van der Waals surface area contributed by atoms with Gasteiger partial charge in [0.25, 0.3) is 5.56 Å². The van der Waals surface area contributed by atoms with Gasteiger partial charge in [0, 0.05) is 9.75 Å². The molecule has 27 heavy (non-hydrogen) atoms. The number of nitrogens with one attached hydrogen (secondary N) is 1. The smallest absolute Gasteiger partial charge is 0.341 e. The molecule has 0 aliphatic heterocycles. The number of aryl methyl sites for hydroxylation is 2. The number of thiophene rings is 2. The molecule has 3 heterocycles. The highest BCUT2D eigenvalue weighted by molar-refractivity contribution is 7.18. The molecule has 0 aliphatic carbocycles. The van der Waals surface area contributed by atoms with Gasteiger partial charge in [-0.3, -0.25) is 14.2 Å². The molecule has 0 saturated heterocycles. The fraction of sp³-hybridized carbons (Fsp3) is 0.333. The summed E-state index contributed by atoms with van der Waals surface area (Å²) in [5.41, 5.74) is 0.866. The lowest BCUT2D eigenvalue weighted by Crippen LogP contribution is -2.27. The van der Waals surface area contributed by atoms with E-state index in [-0.39, 0.29) is 12.1 Å². The predicted molar refractivity (Wildman–Crippen MR) is 107 cm³/mol. The number of esters is 1. The van der Waals surface area contributed by atoms with Crippen LogP contribution in [0.25, 0.3) is 10.2 Å². The summed E-state index contributed by atoms with van der Waals surface area (Å²) in [7, 11) is 1.30. The molecule has 7 nitrogen and oxygen atoms in total. The van der Waals surface area contributed by atoms with E-state index in [0.717, 1.165) is 21.7 Å². The molecule has 1 amide bonds. The number of carbonyl (C=O) groups excluding carboxylic acids is 2. The maximum atomic E-state index is 12.6. The van der Waals surface area contributed by atoms with E-state index in [2.05, 4.69) is 10.3 Å². The minimum atomic E-state index is -0.502. The third-order valence-electron chi connectivity index (χ3n) is 4.26. The Bertz CT molecular complexity index is 1090. The van der Waals surface area contributed by atoms with Gasteiger partial charge in [-0.1, -0.05) is 6.92 Å². The molecule has 0 spiro atoms. The van der Waals surface area contributed by atoms with Crippen LogP contribution in [-0.4, -0.2) is 28.5 Å². The summed E-state index contributed by atoms with van der Waals surface area (Å²) in [5.74, 6) is -0.909. The van der Waals surface area contributed by atoms with Crippen molar-refractivity contribution < 1.29 is 14.3 Å². The van der Waals surface area contributed by atoms with Crippen molar-refractivity contribution in [2.45, 2.75) is 33.7 Å². The monoisotopic (exact) mass is 405 g/mol. The van der Waals surface area contributed by atoms with Gasteiger partial charge in [0.05, 0.1) is 24.4 Å². The van der Waals surface area contributed by atoms with Gasteiger partial charge in [-0.2, -0.15) is 0 Å². The first kappa shape index (κ1) is 19.2. The number of aromatic nitrogens is 2. The lowest BCUT2D eigenvalue weighted by molar-refractivity contribution is -0.116. The Morgan fingerprint density at radius 3 is 2.70 bits per heavy atom. The van der Waals surface area contributed by atoms with Gasteiger partial charge in [0.1, 0.15) is 16.4 Å². The van der Waals surface area contributed by atoms with E-state index in [0.29, 0.717) is 20.8 Å². The zero-order valence-corrected chi connectivity index (χ0v) is 17.0. The van der Waals surface area contributed by atoms with E-state index in [9.17, 15) is 14.4 Å². The average molecular weight is 406 g/mol. The first-order chi connectivity index (χ1) is 12.8. The van der Waals surface area contributed by atoms with Crippen LogP contribution in [0, 0.1) is 13.8 Å². The summed E-state index contributed by atoms with van der Waals surface area (Å²) in [6.07, 6.45) is 2.21. The van der Waals surface area contributed by atoms with Crippen molar-refractivity contribution in [3.63, 3.8) is 0 Å². The molecular weight excluding hydrogens is 386 g/mol. The Labute approximate surface area is 163 Å². The van der Waals surface area contributed by atoms with Crippen molar-refractivity contribution in [1.82, 2.24) is 9.55 Å². The third kappa shape index (κ3) is 3.65.